The van der Waals surface area contributed by atoms with Crippen LogP contribution in [0.1, 0.15) is 38.2 Å². The molecule has 0 bridgehead atoms. The molecule has 0 amide bonds. The predicted molar refractivity (Wildman–Crippen MR) is 92.4 cm³/mol. The van der Waals surface area contributed by atoms with E-state index >= 15 is 0 Å². The number of rotatable bonds is 8. The fourth-order valence-corrected chi connectivity index (χ4v) is 2.45. The van der Waals surface area contributed by atoms with E-state index < -0.39 is 0 Å². The van der Waals surface area contributed by atoms with Crippen LogP contribution in [-0.2, 0) is 14.3 Å². The van der Waals surface area contributed by atoms with Crippen LogP contribution in [0.25, 0.3) is 6.08 Å². The summed E-state index contributed by atoms with van der Waals surface area (Å²) in [7, 11) is 1.60. The first kappa shape index (κ1) is 18.3. The maximum Gasteiger partial charge on any atom is 0.330 e. The zero-order valence-corrected chi connectivity index (χ0v) is 14.5. The van der Waals surface area contributed by atoms with Crippen LogP contribution in [-0.4, -0.2) is 39.0 Å². The van der Waals surface area contributed by atoms with Crippen LogP contribution in [0.4, 0.5) is 0 Å². The lowest BCUT2D eigenvalue weighted by molar-refractivity contribution is -0.143. The van der Waals surface area contributed by atoms with Crippen molar-refractivity contribution in [3.8, 4) is 11.5 Å². The summed E-state index contributed by atoms with van der Waals surface area (Å²) >= 11 is 0. The average Bonchev–Trinajstić information content (AvgIpc) is 2.64. The van der Waals surface area contributed by atoms with Crippen molar-refractivity contribution in [1.29, 1.82) is 0 Å². The number of benzene rings is 1. The summed E-state index contributed by atoms with van der Waals surface area (Å²) in [6, 6.07) is 5.55. The molecule has 5 nitrogen and oxygen atoms in total. The molecule has 0 aliphatic carbocycles. The molecule has 0 aromatic heterocycles. The van der Waals surface area contributed by atoms with Crippen molar-refractivity contribution in [2.45, 2.75) is 38.7 Å². The van der Waals surface area contributed by atoms with Crippen molar-refractivity contribution in [2.24, 2.45) is 0 Å². The van der Waals surface area contributed by atoms with Crippen molar-refractivity contribution >= 4 is 12.0 Å². The maximum atomic E-state index is 11.8. The van der Waals surface area contributed by atoms with Gasteiger partial charge in [-0.2, -0.15) is 0 Å². The highest BCUT2D eigenvalue weighted by Gasteiger charge is 2.15. The average molecular weight is 334 g/mol. The molecule has 24 heavy (non-hydrogen) atoms. The van der Waals surface area contributed by atoms with Gasteiger partial charge in [0, 0.05) is 12.7 Å². The van der Waals surface area contributed by atoms with Gasteiger partial charge in [-0.25, -0.2) is 4.79 Å². The van der Waals surface area contributed by atoms with E-state index in [0.29, 0.717) is 24.7 Å². The molecule has 1 unspecified atom stereocenters. The van der Waals surface area contributed by atoms with Gasteiger partial charge in [0.2, 0.25) is 0 Å². The van der Waals surface area contributed by atoms with E-state index in [9.17, 15) is 4.79 Å². The molecule has 1 aliphatic heterocycles. The molecular formula is C19H26O5. The molecule has 5 heteroatoms. The molecule has 0 spiro atoms. The first-order chi connectivity index (χ1) is 11.7. The third-order valence-corrected chi connectivity index (χ3v) is 3.75. The Hall–Kier alpha value is -2.01. The summed E-state index contributed by atoms with van der Waals surface area (Å²) in [5, 5.41) is 0. The lowest BCUT2D eigenvalue weighted by Crippen LogP contribution is -2.25. The van der Waals surface area contributed by atoms with Gasteiger partial charge in [-0.1, -0.05) is 13.0 Å². The van der Waals surface area contributed by atoms with Gasteiger partial charge in [-0.15, -0.1) is 0 Å². The van der Waals surface area contributed by atoms with Gasteiger partial charge in [0.15, 0.2) is 11.5 Å². The Kier molecular flexibility index (Phi) is 7.62. The second-order valence-corrected chi connectivity index (χ2v) is 5.71. The van der Waals surface area contributed by atoms with Gasteiger partial charge in [-0.3, -0.25) is 0 Å². The summed E-state index contributed by atoms with van der Waals surface area (Å²) in [6.07, 6.45) is 7.26. The topological polar surface area (TPSA) is 54.0 Å². The minimum atomic E-state index is -0.366. The maximum absolute atomic E-state index is 11.8. The van der Waals surface area contributed by atoms with Crippen molar-refractivity contribution in [3.05, 3.63) is 29.8 Å². The summed E-state index contributed by atoms with van der Waals surface area (Å²) in [5.41, 5.74) is 0.849. The van der Waals surface area contributed by atoms with Gasteiger partial charge < -0.3 is 18.9 Å². The smallest absolute Gasteiger partial charge is 0.330 e. The van der Waals surface area contributed by atoms with Crippen LogP contribution < -0.4 is 9.47 Å². The highest BCUT2D eigenvalue weighted by Crippen LogP contribution is 2.28. The molecule has 1 saturated heterocycles. The Morgan fingerprint density at radius 2 is 2.21 bits per heavy atom. The van der Waals surface area contributed by atoms with Gasteiger partial charge in [-0.05, 0) is 49.5 Å². The number of methoxy groups -OCH3 is 1. The number of hydrogen-bond acceptors (Lipinski definition) is 5. The van der Waals surface area contributed by atoms with Crippen LogP contribution >= 0.6 is 0 Å². The quantitative estimate of drug-likeness (QED) is 0.537. The van der Waals surface area contributed by atoms with Crippen molar-refractivity contribution in [2.75, 3.05) is 26.9 Å². The summed E-state index contributed by atoms with van der Waals surface area (Å²) in [6.45, 7) is 3.76. The SMILES string of the molecule is CCCOc1ccc(/C=C/C(=O)OCC2CCCCO2)cc1OC. The van der Waals surface area contributed by atoms with E-state index in [1.54, 1.807) is 13.2 Å². The molecule has 1 heterocycles. The molecule has 1 atom stereocenters. The highest BCUT2D eigenvalue weighted by atomic mass is 16.6. The molecular weight excluding hydrogens is 308 g/mol. The molecule has 0 radical (unpaired) electrons. The van der Waals surface area contributed by atoms with Crippen LogP contribution in [0.3, 0.4) is 0 Å². The van der Waals surface area contributed by atoms with E-state index in [-0.39, 0.29) is 12.1 Å². The van der Waals surface area contributed by atoms with E-state index in [4.69, 9.17) is 18.9 Å². The fourth-order valence-electron chi connectivity index (χ4n) is 2.45. The van der Waals surface area contributed by atoms with Crippen molar-refractivity contribution in [3.63, 3.8) is 0 Å². The van der Waals surface area contributed by atoms with E-state index in [0.717, 1.165) is 37.9 Å². The van der Waals surface area contributed by atoms with E-state index in [2.05, 4.69) is 0 Å². The zero-order valence-electron chi connectivity index (χ0n) is 14.5. The molecule has 2 rings (SSSR count). The van der Waals surface area contributed by atoms with E-state index in [1.165, 1.54) is 6.08 Å². The summed E-state index contributed by atoms with van der Waals surface area (Å²) in [5.74, 6) is 0.984. The lowest BCUT2D eigenvalue weighted by atomic mass is 10.1. The van der Waals surface area contributed by atoms with Gasteiger partial charge >= 0.3 is 5.97 Å². The van der Waals surface area contributed by atoms with Crippen LogP contribution in [0, 0.1) is 0 Å². The minimum Gasteiger partial charge on any atom is -0.493 e. The highest BCUT2D eigenvalue weighted by molar-refractivity contribution is 5.87. The number of esters is 1. The number of hydrogen-bond donors (Lipinski definition) is 0. The third kappa shape index (κ3) is 5.89. The Balaban J connectivity index is 1.86. The normalized spacial score (nSPS) is 17.7. The molecule has 1 fully saturated rings. The third-order valence-electron chi connectivity index (χ3n) is 3.75. The van der Waals surface area contributed by atoms with Gasteiger partial charge in [0.05, 0.1) is 19.8 Å². The Bertz CT molecular complexity index is 547. The monoisotopic (exact) mass is 334 g/mol. The second-order valence-electron chi connectivity index (χ2n) is 5.71. The van der Waals surface area contributed by atoms with Gasteiger partial charge in [0.25, 0.3) is 0 Å². The van der Waals surface area contributed by atoms with E-state index in [1.807, 2.05) is 25.1 Å². The summed E-state index contributed by atoms with van der Waals surface area (Å²) in [4.78, 5) is 11.8. The molecule has 1 aromatic rings. The minimum absolute atomic E-state index is 0.0335. The summed E-state index contributed by atoms with van der Waals surface area (Å²) < 4.78 is 21.7. The lowest BCUT2D eigenvalue weighted by Gasteiger charge is -2.21. The van der Waals surface area contributed by atoms with Crippen LogP contribution in [0.2, 0.25) is 0 Å². The largest absolute Gasteiger partial charge is 0.493 e. The molecule has 132 valence electrons. The number of ether oxygens (including phenoxy) is 4. The predicted octanol–water partition coefficient (Wildman–Crippen LogP) is 3.61. The van der Waals surface area contributed by atoms with Gasteiger partial charge in [0.1, 0.15) is 6.61 Å². The standard InChI is InChI=1S/C19H26O5/c1-3-11-23-17-9-7-15(13-18(17)21-2)8-10-19(20)24-14-16-6-4-5-12-22-16/h7-10,13,16H,3-6,11-12,14H2,1-2H3/b10-8+. The molecule has 0 N–H and O–H groups in total. The molecule has 1 aliphatic rings. The first-order valence-corrected chi connectivity index (χ1v) is 8.50. The number of carbonyl (C=O) groups excluding carboxylic acids is 1. The number of carbonyl (C=O) groups is 1. The zero-order chi connectivity index (χ0) is 17.2. The van der Waals surface area contributed by atoms with Crippen molar-refractivity contribution in [1.82, 2.24) is 0 Å². The molecule has 0 saturated carbocycles. The Morgan fingerprint density at radius 3 is 2.92 bits per heavy atom. The van der Waals surface area contributed by atoms with Crippen molar-refractivity contribution < 1.29 is 23.7 Å². The first-order valence-electron chi connectivity index (χ1n) is 8.50. The Morgan fingerprint density at radius 1 is 1.33 bits per heavy atom. The second kappa shape index (κ2) is 9.98. The molecule has 1 aromatic carbocycles. The Labute approximate surface area is 143 Å². The van der Waals surface area contributed by atoms with Crippen LogP contribution in [0.5, 0.6) is 11.5 Å². The van der Waals surface area contributed by atoms with Crippen LogP contribution in [0.15, 0.2) is 24.3 Å². The fraction of sp³-hybridized carbons (Fsp3) is 0.526.